The van der Waals surface area contributed by atoms with Gasteiger partial charge in [-0.25, -0.2) is 0 Å². The van der Waals surface area contributed by atoms with Gasteiger partial charge in [0.15, 0.2) is 11.6 Å². The summed E-state index contributed by atoms with van der Waals surface area (Å²) in [6, 6.07) is 8.28. The number of thiophene rings is 1. The molecule has 2 aromatic heterocycles. The molecule has 0 atom stereocenters. The Bertz CT molecular complexity index is 714. The number of hydrogen-bond acceptors (Lipinski definition) is 4. The minimum absolute atomic E-state index is 0.435. The van der Waals surface area contributed by atoms with Crippen LogP contribution in [0.5, 0.6) is 0 Å². The smallest absolute Gasteiger partial charge is 0.177 e. The normalized spacial score (nSPS) is 10.8. The van der Waals surface area contributed by atoms with Crippen molar-refractivity contribution < 1.29 is 4.52 Å². The predicted molar refractivity (Wildman–Crippen MR) is 79.1 cm³/mol. The van der Waals surface area contributed by atoms with Crippen molar-refractivity contribution in [2.45, 2.75) is 13.8 Å². The SMILES string of the molecule is Cc1ccc(-c2c(N)noc2-c2ccsc2)cc1C. The van der Waals surface area contributed by atoms with E-state index >= 15 is 0 Å². The van der Waals surface area contributed by atoms with E-state index in [2.05, 4.69) is 37.2 Å². The van der Waals surface area contributed by atoms with Crippen LogP contribution in [0.3, 0.4) is 0 Å². The largest absolute Gasteiger partial charge is 0.380 e. The van der Waals surface area contributed by atoms with Gasteiger partial charge in [-0.15, -0.1) is 0 Å². The highest BCUT2D eigenvalue weighted by molar-refractivity contribution is 7.08. The van der Waals surface area contributed by atoms with Gasteiger partial charge in [0.25, 0.3) is 0 Å². The Morgan fingerprint density at radius 3 is 2.63 bits per heavy atom. The summed E-state index contributed by atoms with van der Waals surface area (Å²) < 4.78 is 5.40. The van der Waals surface area contributed by atoms with Crippen LogP contribution in [0.2, 0.25) is 0 Å². The molecular formula is C15H14N2OS. The first kappa shape index (κ1) is 12.0. The van der Waals surface area contributed by atoms with E-state index in [1.807, 2.05) is 16.8 Å². The number of aryl methyl sites for hydroxylation is 2. The Hall–Kier alpha value is -2.07. The Balaban J connectivity index is 2.19. The topological polar surface area (TPSA) is 52.0 Å². The third-order valence-corrected chi connectivity index (χ3v) is 3.98. The van der Waals surface area contributed by atoms with E-state index in [1.54, 1.807) is 11.3 Å². The van der Waals surface area contributed by atoms with Gasteiger partial charge < -0.3 is 10.3 Å². The van der Waals surface area contributed by atoms with E-state index in [0.717, 1.165) is 22.5 Å². The van der Waals surface area contributed by atoms with Gasteiger partial charge in [0, 0.05) is 10.9 Å². The molecule has 0 fully saturated rings. The average Bonchev–Trinajstić information content (AvgIpc) is 3.01. The Kier molecular flexibility index (Phi) is 2.87. The molecule has 19 heavy (non-hydrogen) atoms. The van der Waals surface area contributed by atoms with Crippen LogP contribution >= 0.6 is 11.3 Å². The summed E-state index contributed by atoms with van der Waals surface area (Å²) in [5, 5.41) is 7.95. The second-order valence-electron chi connectivity index (χ2n) is 4.58. The lowest BCUT2D eigenvalue weighted by atomic mass is 9.99. The van der Waals surface area contributed by atoms with Crippen molar-refractivity contribution in [3.05, 3.63) is 46.2 Å². The second kappa shape index (κ2) is 4.55. The fraction of sp³-hybridized carbons (Fsp3) is 0.133. The zero-order chi connectivity index (χ0) is 13.4. The van der Waals surface area contributed by atoms with Crippen molar-refractivity contribution in [3.8, 4) is 22.5 Å². The molecule has 3 rings (SSSR count). The zero-order valence-electron chi connectivity index (χ0n) is 10.8. The fourth-order valence-corrected chi connectivity index (χ4v) is 2.70. The number of nitrogen functional groups attached to an aromatic ring is 1. The van der Waals surface area contributed by atoms with Gasteiger partial charge >= 0.3 is 0 Å². The van der Waals surface area contributed by atoms with Crippen molar-refractivity contribution >= 4 is 17.2 Å². The quantitative estimate of drug-likeness (QED) is 0.756. The van der Waals surface area contributed by atoms with Gasteiger partial charge in [-0.2, -0.15) is 11.3 Å². The van der Waals surface area contributed by atoms with Crippen LogP contribution in [0.25, 0.3) is 22.5 Å². The lowest BCUT2D eigenvalue weighted by molar-refractivity contribution is 0.436. The molecule has 0 bridgehead atoms. The molecule has 4 heteroatoms. The standard InChI is InChI=1S/C15H14N2OS/c1-9-3-4-11(7-10(9)2)13-14(18-17-15(13)16)12-5-6-19-8-12/h3-8H,1-2H3,(H2,16,17). The Morgan fingerprint density at radius 1 is 1.11 bits per heavy atom. The molecule has 1 aromatic carbocycles. The second-order valence-corrected chi connectivity index (χ2v) is 5.36. The van der Waals surface area contributed by atoms with E-state index < -0.39 is 0 Å². The number of aromatic nitrogens is 1. The van der Waals surface area contributed by atoms with Crippen molar-refractivity contribution in [1.82, 2.24) is 5.16 Å². The van der Waals surface area contributed by atoms with Crippen molar-refractivity contribution in [2.24, 2.45) is 0 Å². The molecular weight excluding hydrogens is 256 g/mol. The maximum Gasteiger partial charge on any atom is 0.177 e. The molecule has 0 aliphatic carbocycles. The highest BCUT2D eigenvalue weighted by atomic mass is 32.1. The molecule has 0 radical (unpaired) electrons. The molecule has 0 spiro atoms. The number of rotatable bonds is 2. The maximum atomic E-state index is 5.97. The summed E-state index contributed by atoms with van der Waals surface area (Å²) in [4.78, 5) is 0. The summed E-state index contributed by atoms with van der Waals surface area (Å²) in [6.07, 6.45) is 0. The van der Waals surface area contributed by atoms with Gasteiger partial charge in [-0.05, 0) is 42.0 Å². The highest BCUT2D eigenvalue weighted by Gasteiger charge is 2.18. The van der Waals surface area contributed by atoms with Gasteiger partial charge in [0.2, 0.25) is 0 Å². The minimum Gasteiger partial charge on any atom is -0.380 e. The van der Waals surface area contributed by atoms with E-state index in [9.17, 15) is 0 Å². The minimum atomic E-state index is 0.435. The monoisotopic (exact) mass is 270 g/mol. The van der Waals surface area contributed by atoms with E-state index in [4.69, 9.17) is 10.3 Å². The van der Waals surface area contributed by atoms with E-state index in [-0.39, 0.29) is 0 Å². The van der Waals surface area contributed by atoms with Crippen LogP contribution in [0.4, 0.5) is 5.82 Å². The molecule has 0 amide bonds. The first-order valence-electron chi connectivity index (χ1n) is 6.02. The van der Waals surface area contributed by atoms with Crippen molar-refractivity contribution in [1.29, 1.82) is 0 Å². The number of nitrogens with zero attached hydrogens (tertiary/aromatic N) is 1. The van der Waals surface area contributed by atoms with Crippen LogP contribution in [0.1, 0.15) is 11.1 Å². The molecule has 2 N–H and O–H groups in total. The summed E-state index contributed by atoms with van der Waals surface area (Å²) in [6.45, 7) is 4.18. The van der Waals surface area contributed by atoms with E-state index in [1.165, 1.54) is 11.1 Å². The number of hydrogen-bond donors (Lipinski definition) is 1. The van der Waals surface area contributed by atoms with Crippen LogP contribution in [-0.2, 0) is 0 Å². The fourth-order valence-electron chi connectivity index (χ4n) is 2.07. The molecule has 0 aliphatic rings. The van der Waals surface area contributed by atoms with Gasteiger partial charge in [-0.1, -0.05) is 23.4 Å². The molecule has 0 aliphatic heterocycles. The highest BCUT2D eigenvalue weighted by Crippen LogP contribution is 2.37. The molecule has 96 valence electrons. The van der Waals surface area contributed by atoms with Crippen LogP contribution in [0, 0.1) is 13.8 Å². The van der Waals surface area contributed by atoms with Crippen LogP contribution < -0.4 is 5.73 Å². The van der Waals surface area contributed by atoms with Gasteiger partial charge in [0.05, 0.1) is 5.56 Å². The van der Waals surface area contributed by atoms with Crippen molar-refractivity contribution in [2.75, 3.05) is 5.73 Å². The van der Waals surface area contributed by atoms with E-state index in [0.29, 0.717) is 5.82 Å². The van der Waals surface area contributed by atoms with Gasteiger partial charge in [-0.3, -0.25) is 0 Å². The average molecular weight is 270 g/mol. The molecule has 2 heterocycles. The number of nitrogens with two attached hydrogens (primary N) is 1. The predicted octanol–water partition coefficient (Wildman–Crippen LogP) is 4.27. The molecule has 0 unspecified atom stereocenters. The van der Waals surface area contributed by atoms with Crippen molar-refractivity contribution in [3.63, 3.8) is 0 Å². The molecule has 0 saturated heterocycles. The molecule has 3 nitrogen and oxygen atoms in total. The molecule has 3 aromatic rings. The first-order valence-corrected chi connectivity index (χ1v) is 6.96. The Labute approximate surface area is 115 Å². The number of anilines is 1. The van der Waals surface area contributed by atoms with Crippen LogP contribution in [-0.4, -0.2) is 5.16 Å². The number of benzene rings is 1. The summed E-state index contributed by atoms with van der Waals surface area (Å²) >= 11 is 1.62. The first-order chi connectivity index (χ1) is 9.16. The third-order valence-electron chi connectivity index (χ3n) is 3.30. The molecule has 0 saturated carbocycles. The summed E-state index contributed by atoms with van der Waals surface area (Å²) in [5.41, 5.74) is 11.4. The third kappa shape index (κ3) is 2.04. The zero-order valence-corrected chi connectivity index (χ0v) is 11.6. The summed E-state index contributed by atoms with van der Waals surface area (Å²) in [5.74, 6) is 1.17. The Morgan fingerprint density at radius 2 is 1.95 bits per heavy atom. The van der Waals surface area contributed by atoms with Crippen LogP contribution in [0.15, 0.2) is 39.5 Å². The lowest BCUT2D eigenvalue weighted by Crippen LogP contribution is -1.90. The summed E-state index contributed by atoms with van der Waals surface area (Å²) in [7, 11) is 0. The maximum absolute atomic E-state index is 5.97. The van der Waals surface area contributed by atoms with Gasteiger partial charge in [0.1, 0.15) is 0 Å². The lowest BCUT2D eigenvalue weighted by Gasteiger charge is -2.05.